The summed E-state index contributed by atoms with van der Waals surface area (Å²) in [5.41, 5.74) is 18.2. The summed E-state index contributed by atoms with van der Waals surface area (Å²) in [5.74, 6) is 3.53. The van der Waals surface area contributed by atoms with E-state index in [1.165, 1.54) is 88.0 Å². The van der Waals surface area contributed by atoms with E-state index in [2.05, 4.69) is 197 Å². The molecule has 0 unspecified atom stereocenters. The van der Waals surface area contributed by atoms with Crippen LogP contribution in [-0.4, -0.2) is 15.8 Å². The first-order valence-electron chi connectivity index (χ1n) is 20.7. The lowest BCUT2D eigenvalue weighted by atomic mass is 9.35. The van der Waals surface area contributed by atoms with E-state index in [0.717, 1.165) is 46.1 Å². The van der Waals surface area contributed by atoms with E-state index >= 15 is 0 Å². The molecule has 0 saturated heterocycles. The van der Waals surface area contributed by atoms with Crippen molar-refractivity contribution in [1.82, 2.24) is 9.13 Å². The molecular formula is C55H33BN2O2. The molecule has 14 rings (SSSR count). The summed E-state index contributed by atoms with van der Waals surface area (Å²) in [4.78, 5) is 0. The van der Waals surface area contributed by atoms with Gasteiger partial charge in [-0.1, -0.05) is 121 Å². The normalized spacial score (nSPS) is 13.2. The number of benzene rings is 9. The van der Waals surface area contributed by atoms with Gasteiger partial charge in [-0.15, -0.1) is 0 Å². The summed E-state index contributed by atoms with van der Waals surface area (Å²) in [6, 6.07) is 68.2. The third-order valence-corrected chi connectivity index (χ3v) is 13.3. The molecule has 60 heavy (non-hydrogen) atoms. The van der Waals surface area contributed by atoms with Crippen LogP contribution in [0.25, 0.3) is 77.2 Å². The van der Waals surface area contributed by atoms with Crippen molar-refractivity contribution in [1.29, 1.82) is 0 Å². The molecule has 4 nitrogen and oxygen atoms in total. The van der Waals surface area contributed by atoms with Crippen molar-refractivity contribution in [3.8, 4) is 56.6 Å². The van der Waals surface area contributed by atoms with Gasteiger partial charge in [-0.2, -0.15) is 0 Å². The van der Waals surface area contributed by atoms with E-state index in [1.807, 2.05) is 0 Å². The molecule has 278 valence electrons. The smallest absolute Gasteiger partial charge is 0.260 e. The fourth-order valence-electron chi connectivity index (χ4n) is 10.8. The molecule has 1 aliphatic carbocycles. The average molecular weight is 765 g/mol. The van der Waals surface area contributed by atoms with E-state index in [4.69, 9.17) is 9.47 Å². The van der Waals surface area contributed by atoms with E-state index in [9.17, 15) is 0 Å². The predicted molar refractivity (Wildman–Crippen MR) is 246 cm³/mol. The van der Waals surface area contributed by atoms with Crippen LogP contribution in [0.2, 0.25) is 0 Å². The zero-order valence-electron chi connectivity index (χ0n) is 32.4. The van der Waals surface area contributed by atoms with Crippen molar-refractivity contribution in [3.63, 3.8) is 0 Å². The van der Waals surface area contributed by atoms with Gasteiger partial charge in [0.15, 0.2) is 0 Å². The fourth-order valence-corrected chi connectivity index (χ4v) is 10.8. The number of hydrogen-bond acceptors (Lipinski definition) is 2. The lowest BCUT2D eigenvalue weighted by Gasteiger charge is -2.33. The molecule has 0 bridgehead atoms. The molecule has 0 fully saturated rings. The highest BCUT2D eigenvalue weighted by molar-refractivity contribution is 6.98. The van der Waals surface area contributed by atoms with Crippen molar-refractivity contribution in [2.75, 3.05) is 0 Å². The van der Waals surface area contributed by atoms with Crippen LogP contribution in [0.15, 0.2) is 188 Å². The number of fused-ring (bicyclic) bond motifs is 13. The van der Waals surface area contributed by atoms with Crippen LogP contribution < -0.4 is 25.9 Å². The van der Waals surface area contributed by atoms with Gasteiger partial charge in [0.05, 0.1) is 27.8 Å². The van der Waals surface area contributed by atoms with E-state index < -0.39 is 0 Å². The number of para-hydroxylation sites is 5. The van der Waals surface area contributed by atoms with Gasteiger partial charge in [-0.25, -0.2) is 0 Å². The molecule has 0 spiro atoms. The van der Waals surface area contributed by atoms with Crippen LogP contribution in [0.5, 0.6) is 23.0 Å². The maximum atomic E-state index is 6.72. The minimum Gasteiger partial charge on any atom is -0.458 e. The fraction of sp³-hybridized carbons (Fsp3) is 0.0182. The Labute approximate surface area is 346 Å². The summed E-state index contributed by atoms with van der Waals surface area (Å²) < 4.78 is 18.3. The molecule has 2 aliphatic heterocycles. The van der Waals surface area contributed by atoms with Crippen molar-refractivity contribution in [3.05, 3.63) is 199 Å². The Kier molecular flexibility index (Phi) is 6.39. The third kappa shape index (κ3) is 4.30. The van der Waals surface area contributed by atoms with Crippen molar-refractivity contribution in [2.24, 2.45) is 0 Å². The van der Waals surface area contributed by atoms with Gasteiger partial charge >= 0.3 is 0 Å². The Balaban J connectivity index is 0.920. The van der Waals surface area contributed by atoms with Crippen LogP contribution in [-0.2, 0) is 6.42 Å². The van der Waals surface area contributed by atoms with E-state index in [0.29, 0.717) is 0 Å². The largest absolute Gasteiger partial charge is 0.458 e. The molecule has 2 aromatic heterocycles. The van der Waals surface area contributed by atoms with Gasteiger partial charge in [0.25, 0.3) is 6.71 Å². The SMILES string of the molecule is c1ccc2c(c1)Oc1cc(-c3cccc4c3Cc3c-4cccc3-n3c4ccccc4c4cc(-n5c6ccccc6c6ccccc65)ccc43)cc3c1B2c1ccccc1O3. The Morgan fingerprint density at radius 3 is 1.57 bits per heavy atom. The number of nitrogens with zero attached hydrogens (tertiary/aromatic N) is 2. The number of aromatic nitrogens is 2. The van der Waals surface area contributed by atoms with Gasteiger partial charge in [0, 0.05) is 39.1 Å². The summed E-state index contributed by atoms with van der Waals surface area (Å²) in [6.07, 6.45) is 0.812. The van der Waals surface area contributed by atoms with Crippen LogP contribution in [0.4, 0.5) is 0 Å². The Morgan fingerprint density at radius 1 is 0.383 bits per heavy atom. The second-order valence-electron chi connectivity index (χ2n) is 16.3. The number of hydrogen-bond donors (Lipinski definition) is 0. The van der Waals surface area contributed by atoms with Crippen molar-refractivity contribution < 1.29 is 9.47 Å². The molecule has 11 aromatic rings. The van der Waals surface area contributed by atoms with Crippen LogP contribution >= 0.6 is 0 Å². The highest BCUT2D eigenvalue weighted by Gasteiger charge is 2.40. The van der Waals surface area contributed by atoms with Gasteiger partial charge < -0.3 is 18.6 Å². The summed E-state index contributed by atoms with van der Waals surface area (Å²) in [6.45, 7) is 0.0523. The highest BCUT2D eigenvalue weighted by Crippen LogP contribution is 2.47. The van der Waals surface area contributed by atoms with Gasteiger partial charge in [-0.3, -0.25) is 0 Å². The second kappa shape index (κ2) is 11.9. The zero-order chi connectivity index (χ0) is 39.1. The molecule has 0 radical (unpaired) electrons. The number of ether oxygens (including phenoxy) is 2. The lowest BCUT2D eigenvalue weighted by Crippen LogP contribution is -2.57. The molecule has 0 N–H and O–H groups in total. The van der Waals surface area contributed by atoms with Crippen LogP contribution in [0.3, 0.4) is 0 Å². The summed E-state index contributed by atoms with van der Waals surface area (Å²) in [7, 11) is 0. The summed E-state index contributed by atoms with van der Waals surface area (Å²) in [5, 5.41) is 5.02. The third-order valence-electron chi connectivity index (χ3n) is 13.3. The van der Waals surface area contributed by atoms with E-state index in [-0.39, 0.29) is 6.71 Å². The molecule has 5 heteroatoms. The highest BCUT2D eigenvalue weighted by atomic mass is 16.5. The second-order valence-corrected chi connectivity index (χ2v) is 16.3. The molecule has 0 saturated carbocycles. The molecule has 4 heterocycles. The van der Waals surface area contributed by atoms with Gasteiger partial charge in [-0.05, 0) is 111 Å². The lowest BCUT2D eigenvalue weighted by molar-refractivity contribution is 0.465. The Morgan fingerprint density at radius 2 is 0.900 bits per heavy atom. The van der Waals surface area contributed by atoms with E-state index in [1.54, 1.807) is 0 Å². The molecule has 0 atom stereocenters. The van der Waals surface area contributed by atoms with Crippen LogP contribution in [0, 0.1) is 0 Å². The maximum Gasteiger partial charge on any atom is 0.260 e. The monoisotopic (exact) mass is 764 g/mol. The first kappa shape index (κ1) is 32.2. The first-order chi connectivity index (χ1) is 29.8. The molecule has 3 aliphatic rings. The average Bonchev–Trinajstić information content (AvgIpc) is 3.96. The summed E-state index contributed by atoms with van der Waals surface area (Å²) >= 11 is 0. The quantitative estimate of drug-likeness (QED) is 0.168. The maximum absolute atomic E-state index is 6.72. The minimum atomic E-state index is 0.0523. The number of rotatable bonds is 3. The molecular weight excluding hydrogens is 731 g/mol. The standard InChI is InChI=1S/C55H33BN2O2/c1-6-21-46-38(13-1)39-14-2-7-22-47(39)57(46)34-27-28-50-42(31-34)40-15-3-8-23-48(40)58(50)49-24-12-18-37-36-17-11-16-35(41(36)32-43(37)49)33-29-53-55-54(30-33)60-52-26-10-5-20-45(52)56(55)44-19-4-9-25-51(44)59-53/h1-31H,32H2. The Bertz CT molecular complexity index is 3540. The van der Waals surface area contributed by atoms with Gasteiger partial charge in [0.2, 0.25) is 0 Å². The molecule has 9 aromatic carbocycles. The van der Waals surface area contributed by atoms with Crippen molar-refractivity contribution >= 4 is 66.7 Å². The topological polar surface area (TPSA) is 28.3 Å². The first-order valence-corrected chi connectivity index (χ1v) is 20.7. The Hall–Kier alpha value is -7.76. The van der Waals surface area contributed by atoms with Crippen molar-refractivity contribution in [2.45, 2.75) is 6.42 Å². The predicted octanol–water partition coefficient (Wildman–Crippen LogP) is 11.8. The zero-order valence-corrected chi connectivity index (χ0v) is 32.4. The molecule has 0 amide bonds. The van der Waals surface area contributed by atoms with Gasteiger partial charge in [0.1, 0.15) is 23.0 Å². The minimum absolute atomic E-state index is 0.0523. The van der Waals surface area contributed by atoms with Crippen LogP contribution in [0.1, 0.15) is 11.1 Å².